The van der Waals surface area contributed by atoms with Gasteiger partial charge < -0.3 is 20.1 Å². The number of hydrogen-bond acceptors (Lipinski definition) is 5. The van der Waals surface area contributed by atoms with Gasteiger partial charge in [-0.1, -0.05) is 0 Å². The minimum Gasteiger partial charge on any atom is -0.493 e. The molecule has 0 amide bonds. The molecule has 0 aliphatic rings. The third kappa shape index (κ3) is 7.23. The normalized spacial score (nSPS) is 11.9. The fourth-order valence-corrected chi connectivity index (χ4v) is 2.53. The Balaban J connectivity index is 2.75. The first-order valence-corrected chi connectivity index (χ1v) is 9.40. The number of sulfone groups is 1. The molecule has 1 rings (SSSR count). The molecule has 0 heterocycles. The highest BCUT2D eigenvalue weighted by Crippen LogP contribution is 2.29. The van der Waals surface area contributed by atoms with Crippen molar-refractivity contribution >= 4 is 21.5 Å². The Kier molecular flexibility index (Phi) is 7.67. The molecule has 0 unspecified atom stereocenters. The molecule has 130 valence electrons. The quantitative estimate of drug-likeness (QED) is 0.423. The van der Waals surface area contributed by atoms with Crippen molar-refractivity contribution < 1.29 is 17.9 Å². The van der Waals surface area contributed by atoms with Crippen LogP contribution in [-0.2, 0) is 9.84 Å². The fourth-order valence-electron chi connectivity index (χ4n) is 1.88. The van der Waals surface area contributed by atoms with Gasteiger partial charge in [-0.25, -0.2) is 8.42 Å². The summed E-state index contributed by atoms with van der Waals surface area (Å²) in [4.78, 5) is 4.37. The molecule has 0 radical (unpaired) electrons. The number of methoxy groups -OCH3 is 2. The Bertz CT molecular complexity index is 630. The molecule has 0 atom stereocenters. The topological polar surface area (TPSA) is 89.0 Å². The molecule has 0 aromatic heterocycles. The first-order chi connectivity index (χ1) is 10.9. The van der Waals surface area contributed by atoms with E-state index in [1.54, 1.807) is 20.3 Å². The highest BCUT2D eigenvalue weighted by Gasteiger charge is 2.06. The number of ether oxygens (including phenoxy) is 2. The van der Waals surface area contributed by atoms with Crippen LogP contribution in [-0.4, -0.2) is 53.7 Å². The second-order valence-corrected chi connectivity index (χ2v) is 7.20. The zero-order valence-electron chi connectivity index (χ0n) is 14.0. The summed E-state index contributed by atoms with van der Waals surface area (Å²) < 4.78 is 32.7. The number of hydrogen-bond donors (Lipinski definition) is 2. The molecule has 8 heteroatoms. The van der Waals surface area contributed by atoms with Crippen LogP contribution in [0.5, 0.6) is 11.5 Å². The Morgan fingerprint density at radius 1 is 1.22 bits per heavy atom. The minimum atomic E-state index is -2.95. The average molecular weight is 343 g/mol. The van der Waals surface area contributed by atoms with Crippen molar-refractivity contribution in [1.82, 2.24) is 5.32 Å². The van der Waals surface area contributed by atoms with Crippen molar-refractivity contribution in [3.8, 4) is 11.5 Å². The summed E-state index contributed by atoms with van der Waals surface area (Å²) in [5.41, 5.74) is 0.797. The average Bonchev–Trinajstić information content (AvgIpc) is 2.50. The van der Waals surface area contributed by atoms with Crippen molar-refractivity contribution in [3.63, 3.8) is 0 Å². The van der Waals surface area contributed by atoms with Crippen LogP contribution >= 0.6 is 0 Å². The van der Waals surface area contributed by atoms with E-state index >= 15 is 0 Å². The van der Waals surface area contributed by atoms with Crippen LogP contribution in [0.15, 0.2) is 23.2 Å². The number of nitrogens with one attached hydrogen (secondary N) is 2. The number of rotatable bonds is 8. The standard InChI is InChI=1S/C15H25N3O4S/c1-5-16-15(17-9-6-10-23(4,19)20)18-12-7-8-13(21-2)14(11-12)22-3/h7-8,11H,5-6,9-10H2,1-4H3,(H2,16,17,18). The molecular formula is C15H25N3O4S. The van der Waals surface area contributed by atoms with Crippen LogP contribution in [0.25, 0.3) is 0 Å². The van der Waals surface area contributed by atoms with E-state index in [0.717, 1.165) is 5.69 Å². The molecule has 7 nitrogen and oxygen atoms in total. The van der Waals surface area contributed by atoms with Gasteiger partial charge in [0.1, 0.15) is 9.84 Å². The van der Waals surface area contributed by atoms with Crippen molar-refractivity contribution in [2.24, 2.45) is 4.99 Å². The third-order valence-electron chi connectivity index (χ3n) is 2.93. The van der Waals surface area contributed by atoms with Gasteiger partial charge in [-0.05, 0) is 25.5 Å². The molecule has 0 aliphatic heterocycles. The molecule has 0 saturated carbocycles. The molecule has 1 aromatic carbocycles. The van der Waals surface area contributed by atoms with Gasteiger partial charge in [-0.3, -0.25) is 4.99 Å². The highest BCUT2D eigenvalue weighted by molar-refractivity contribution is 7.90. The van der Waals surface area contributed by atoms with Crippen molar-refractivity contribution in [3.05, 3.63) is 18.2 Å². The molecule has 0 saturated heterocycles. The Hall–Kier alpha value is -1.96. The maximum Gasteiger partial charge on any atom is 0.195 e. The van der Waals surface area contributed by atoms with Gasteiger partial charge in [-0.15, -0.1) is 0 Å². The largest absolute Gasteiger partial charge is 0.493 e. The maximum atomic E-state index is 11.1. The lowest BCUT2D eigenvalue weighted by atomic mass is 10.3. The van der Waals surface area contributed by atoms with Gasteiger partial charge in [0.15, 0.2) is 17.5 Å². The molecule has 2 N–H and O–H groups in total. The summed E-state index contributed by atoms with van der Waals surface area (Å²) in [7, 11) is 0.207. The van der Waals surface area contributed by atoms with Gasteiger partial charge >= 0.3 is 0 Å². The predicted molar refractivity (Wildman–Crippen MR) is 93.5 cm³/mol. The summed E-state index contributed by atoms with van der Waals surface area (Å²) in [5, 5.41) is 6.27. The predicted octanol–water partition coefficient (Wildman–Crippen LogP) is 1.52. The lowest BCUT2D eigenvalue weighted by molar-refractivity contribution is 0.355. The van der Waals surface area contributed by atoms with Crippen LogP contribution in [0.3, 0.4) is 0 Å². The number of aliphatic imine (C=N–C) groups is 1. The van der Waals surface area contributed by atoms with Crippen LogP contribution in [0, 0.1) is 0 Å². The minimum absolute atomic E-state index is 0.131. The van der Waals surface area contributed by atoms with E-state index in [0.29, 0.717) is 37.0 Å². The van der Waals surface area contributed by atoms with Gasteiger partial charge in [0, 0.05) is 31.1 Å². The molecule has 0 aliphatic carbocycles. The molecule has 0 fully saturated rings. The lowest BCUT2D eigenvalue weighted by Crippen LogP contribution is -2.30. The van der Waals surface area contributed by atoms with Crippen LogP contribution in [0.2, 0.25) is 0 Å². The van der Waals surface area contributed by atoms with E-state index in [-0.39, 0.29) is 5.75 Å². The van der Waals surface area contributed by atoms with Gasteiger partial charge in [0.2, 0.25) is 0 Å². The second-order valence-electron chi connectivity index (χ2n) is 4.94. The van der Waals surface area contributed by atoms with Gasteiger partial charge in [0.25, 0.3) is 0 Å². The zero-order valence-corrected chi connectivity index (χ0v) is 14.9. The molecule has 0 bridgehead atoms. The van der Waals surface area contributed by atoms with E-state index in [9.17, 15) is 8.42 Å². The van der Waals surface area contributed by atoms with Gasteiger partial charge in [-0.2, -0.15) is 0 Å². The highest BCUT2D eigenvalue weighted by atomic mass is 32.2. The number of nitrogens with zero attached hydrogens (tertiary/aromatic N) is 1. The number of anilines is 1. The second kappa shape index (κ2) is 9.24. The SMILES string of the molecule is CCNC(=NCCCS(C)(=O)=O)Nc1ccc(OC)c(OC)c1. The molecule has 1 aromatic rings. The summed E-state index contributed by atoms with van der Waals surface area (Å²) in [5.74, 6) is 1.98. The van der Waals surface area contributed by atoms with E-state index in [4.69, 9.17) is 9.47 Å². The summed E-state index contributed by atoms with van der Waals surface area (Å²) in [6.07, 6.45) is 1.71. The van der Waals surface area contributed by atoms with Crippen LogP contribution in [0.4, 0.5) is 5.69 Å². The van der Waals surface area contributed by atoms with Crippen molar-refractivity contribution in [1.29, 1.82) is 0 Å². The number of guanidine groups is 1. The lowest BCUT2D eigenvalue weighted by Gasteiger charge is -2.13. The van der Waals surface area contributed by atoms with Gasteiger partial charge in [0.05, 0.1) is 20.0 Å². The fraction of sp³-hybridized carbons (Fsp3) is 0.533. The zero-order chi connectivity index (χ0) is 17.3. The maximum absolute atomic E-state index is 11.1. The Morgan fingerprint density at radius 2 is 1.91 bits per heavy atom. The number of benzene rings is 1. The van der Waals surface area contributed by atoms with Crippen molar-refractivity contribution in [2.75, 3.05) is 44.6 Å². The first-order valence-electron chi connectivity index (χ1n) is 7.34. The smallest absolute Gasteiger partial charge is 0.195 e. The Labute approximate surface area is 138 Å². The summed E-state index contributed by atoms with van der Waals surface area (Å²) in [6.45, 7) is 3.09. The van der Waals surface area contributed by atoms with E-state index in [1.807, 2.05) is 19.1 Å². The first kappa shape index (κ1) is 19.1. The summed E-state index contributed by atoms with van der Waals surface area (Å²) in [6, 6.07) is 5.46. The van der Waals surface area contributed by atoms with Crippen LogP contribution in [0.1, 0.15) is 13.3 Å². The molecule has 0 spiro atoms. The van der Waals surface area contributed by atoms with E-state index in [2.05, 4.69) is 15.6 Å². The third-order valence-corrected chi connectivity index (χ3v) is 3.96. The van der Waals surface area contributed by atoms with E-state index < -0.39 is 9.84 Å². The monoisotopic (exact) mass is 343 g/mol. The Morgan fingerprint density at radius 3 is 2.48 bits per heavy atom. The molecular weight excluding hydrogens is 318 g/mol. The summed E-state index contributed by atoms with van der Waals surface area (Å²) >= 11 is 0. The van der Waals surface area contributed by atoms with Crippen molar-refractivity contribution in [2.45, 2.75) is 13.3 Å². The van der Waals surface area contributed by atoms with E-state index in [1.165, 1.54) is 6.26 Å². The van der Waals surface area contributed by atoms with Crippen LogP contribution < -0.4 is 20.1 Å². The molecule has 23 heavy (non-hydrogen) atoms.